The first-order chi connectivity index (χ1) is 11.1. The van der Waals surface area contributed by atoms with Crippen LogP contribution in [0.5, 0.6) is 0 Å². The Bertz CT molecular complexity index is 625. The Balaban J connectivity index is 1.86. The van der Waals surface area contributed by atoms with E-state index in [1.807, 2.05) is 13.8 Å². The molecule has 0 bridgehead atoms. The normalized spacial score (nSPS) is 17.6. The number of nitrogens with zero attached hydrogens (tertiary/aromatic N) is 4. The topological polar surface area (TPSA) is 86.0 Å². The third-order valence-electron chi connectivity index (χ3n) is 3.76. The molecule has 0 aliphatic carbocycles. The lowest BCUT2D eigenvalue weighted by Crippen LogP contribution is -2.33. The molecule has 23 heavy (non-hydrogen) atoms. The standard InChI is InChI=1S/C15H20ClN5O2/c1-9(2)13-20-14(23-21-13)12(10-7-18-15(16)19-8-10)22-11-3-5-17-6-4-11/h7-9,11-12,17H,3-6H2,1-2H3. The molecule has 1 aliphatic heterocycles. The van der Waals surface area contributed by atoms with Crippen molar-refractivity contribution in [1.82, 2.24) is 25.4 Å². The van der Waals surface area contributed by atoms with Gasteiger partial charge >= 0.3 is 0 Å². The first kappa shape index (κ1) is 16.3. The Hall–Kier alpha value is -1.57. The van der Waals surface area contributed by atoms with E-state index < -0.39 is 6.10 Å². The largest absolute Gasteiger partial charge is 0.360 e. The maximum absolute atomic E-state index is 6.24. The first-order valence-corrected chi connectivity index (χ1v) is 8.18. The van der Waals surface area contributed by atoms with Gasteiger partial charge in [0.15, 0.2) is 11.9 Å². The van der Waals surface area contributed by atoms with Crippen LogP contribution in [0.25, 0.3) is 0 Å². The number of rotatable bonds is 5. The Labute approximate surface area is 139 Å². The van der Waals surface area contributed by atoms with Crippen molar-refractivity contribution in [3.05, 3.63) is 35.0 Å². The monoisotopic (exact) mass is 337 g/mol. The number of aromatic nitrogens is 4. The molecule has 7 nitrogen and oxygen atoms in total. The fourth-order valence-electron chi connectivity index (χ4n) is 2.45. The van der Waals surface area contributed by atoms with Crippen LogP contribution in [0.3, 0.4) is 0 Å². The van der Waals surface area contributed by atoms with E-state index in [1.165, 1.54) is 0 Å². The number of ether oxygens (including phenoxy) is 1. The van der Waals surface area contributed by atoms with Gasteiger partial charge in [0, 0.05) is 23.9 Å². The van der Waals surface area contributed by atoms with E-state index in [0.29, 0.717) is 11.7 Å². The Kier molecular flexibility index (Phi) is 5.20. The summed E-state index contributed by atoms with van der Waals surface area (Å²) in [4.78, 5) is 12.5. The SMILES string of the molecule is CC(C)c1noc(C(OC2CCNCC2)c2cnc(Cl)nc2)n1. The molecule has 1 fully saturated rings. The maximum Gasteiger partial charge on any atom is 0.260 e. The number of piperidine rings is 1. The van der Waals surface area contributed by atoms with Gasteiger partial charge in [-0.1, -0.05) is 19.0 Å². The third kappa shape index (κ3) is 4.04. The average Bonchev–Trinajstić information content (AvgIpc) is 3.05. The van der Waals surface area contributed by atoms with Crippen molar-refractivity contribution in [3.63, 3.8) is 0 Å². The van der Waals surface area contributed by atoms with Crippen LogP contribution in [0.4, 0.5) is 0 Å². The van der Waals surface area contributed by atoms with Crippen molar-refractivity contribution in [2.75, 3.05) is 13.1 Å². The molecule has 2 aromatic heterocycles. The summed E-state index contributed by atoms with van der Waals surface area (Å²) in [5.41, 5.74) is 0.756. The van der Waals surface area contributed by atoms with Gasteiger partial charge in [0.05, 0.1) is 6.10 Å². The first-order valence-electron chi connectivity index (χ1n) is 7.80. The smallest absolute Gasteiger partial charge is 0.260 e. The highest BCUT2D eigenvalue weighted by molar-refractivity contribution is 6.28. The molecule has 1 unspecified atom stereocenters. The van der Waals surface area contributed by atoms with E-state index in [1.54, 1.807) is 12.4 Å². The molecule has 1 atom stereocenters. The molecule has 0 spiro atoms. The summed E-state index contributed by atoms with van der Waals surface area (Å²) in [5.74, 6) is 1.28. The van der Waals surface area contributed by atoms with Crippen molar-refractivity contribution >= 4 is 11.6 Å². The van der Waals surface area contributed by atoms with Crippen molar-refractivity contribution in [2.45, 2.75) is 44.8 Å². The van der Waals surface area contributed by atoms with Crippen molar-refractivity contribution < 1.29 is 9.26 Å². The summed E-state index contributed by atoms with van der Waals surface area (Å²) in [6, 6.07) is 0. The molecule has 1 aliphatic rings. The zero-order chi connectivity index (χ0) is 16.2. The Morgan fingerprint density at radius 2 is 1.96 bits per heavy atom. The highest BCUT2D eigenvalue weighted by Crippen LogP contribution is 2.28. The summed E-state index contributed by atoms with van der Waals surface area (Å²) < 4.78 is 11.7. The fraction of sp³-hybridized carbons (Fsp3) is 0.600. The van der Waals surface area contributed by atoms with Crippen LogP contribution in [-0.2, 0) is 4.74 Å². The van der Waals surface area contributed by atoms with Gasteiger partial charge < -0.3 is 14.6 Å². The van der Waals surface area contributed by atoms with Crippen LogP contribution in [0, 0.1) is 0 Å². The molecule has 2 aromatic rings. The quantitative estimate of drug-likeness (QED) is 0.839. The molecule has 0 saturated carbocycles. The number of hydrogen-bond acceptors (Lipinski definition) is 7. The number of halogens is 1. The summed E-state index contributed by atoms with van der Waals surface area (Å²) >= 11 is 5.78. The van der Waals surface area contributed by atoms with Crippen LogP contribution < -0.4 is 5.32 Å². The number of hydrogen-bond donors (Lipinski definition) is 1. The highest BCUT2D eigenvalue weighted by Gasteiger charge is 2.27. The van der Waals surface area contributed by atoms with Crippen LogP contribution in [0.1, 0.15) is 56.0 Å². The third-order valence-corrected chi connectivity index (χ3v) is 3.95. The minimum absolute atomic E-state index is 0.131. The molecular weight excluding hydrogens is 318 g/mol. The van der Waals surface area contributed by atoms with Crippen molar-refractivity contribution in [3.8, 4) is 0 Å². The summed E-state index contributed by atoms with van der Waals surface area (Å²) in [6.45, 7) is 5.91. The zero-order valence-electron chi connectivity index (χ0n) is 13.2. The summed E-state index contributed by atoms with van der Waals surface area (Å²) in [5, 5.41) is 7.54. The minimum Gasteiger partial charge on any atom is -0.360 e. The van der Waals surface area contributed by atoms with Crippen LogP contribution in [0.2, 0.25) is 5.28 Å². The predicted molar refractivity (Wildman–Crippen MR) is 84.2 cm³/mol. The van der Waals surface area contributed by atoms with Crippen molar-refractivity contribution in [2.24, 2.45) is 0 Å². The average molecular weight is 338 g/mol. The second kappa shape index (κ2) is 7.33. The molecule has 0 aromatic carbocycles. The zero-order valence-corrected chi connectivity index (χ0v) is 14.0. The van der Waals surface area contributed by atoms with Gasteiger partial charge in [0.25, 0.3) is 5.89 Å². The molecule has 1 N–H and O–H groups in total. The Morgan fingerprint density at radius 3 is 2.57 bits per heavy atom. The second-order valence-corrected chi connectivity index (χ2v) is 6.23. The lowest BCUT2D eigenvalue weighted by Gasteiger charge is -2.26. The maximum atomic E-state index is 6.24. The molecule has 3 heterocycles. The van der Waals surface area contributed by atoms with Crippen LogP contribution >= 0.6 is 11.6 Å². The van der Waals surface area contributed by atoms with Crippen molar-refractivity contribution in [1.29, 1.82) is 0 Å². The van der Waals surface area contributed by atoms with Gasteiger partial charge in [-0.25, -0.2) is 9.97 Å². The van der Waals surface area contributed by atoms with Gasteiger partial charge in [0.2, 0.25) is 5.28 Å². The lowest BCUT2D eigenvalue weighted by atomic mass is 10.1. The van der Waals surface area contributed by atoms with Gasteiger partial charge in [-0.3, -0.25) is 0 Å². The molecule has 3 rings (SSSR count). The van der Waals surface area contributed by atoms with Gasteiger partial charge in [0.1, 0.15) is 0 Å². The highest BCUT2D eigenvalue weighted by atomic mass is 35.5. The molecular formula is C15H20ClN5O2. The minimum atomic E-state index is -0.477. The molecule has 8 heteroatoms. The van der Waals surface area contributed by atoms with Gasteiger partial charge in [-0.05, 0) is 37.5 Å². The second-order valence-electron chi connectivity index (χ2n) is 5.90. The molecule has 0 amide bonds. The van der Waals surface area contributed by atoms with Gasteiger partial charge in [-0.2, -0.15) is 4.98 Å². The fourth-order valence-corrected chi connectivity index (χ4v) is 2.55. The predicted octanol–water partition coefficient (Wildman–Crippen LogP) is 2.49. The number of nitrogens with one attached hydrogen (secondary N) is 1. The van der Waals surface area contributed by atoms with E-state index in [0.717, 1.165) is 31.5 Å². The summed E-state index contributed by atoms with van der Waals surface area (Å²) in [7, 11) is 0. The van der Waals surface area contributed by atoms with E-state index in [-0.39, 0.29) is 17.3 Å². The van der Waals surface area contributed by atoms with Crippen LogP contribution in [0.15, 0.2) is 16.9 Å². The van der Waals surface area contributed by atoms with E-state index in [4.69, 9.17) is 20.9 Å². The van der Waals surface area contributed by atoms with E-state index in [2.05, 4.69) is 25.4 Å². The summed E-state index contributed by atoms with van der Waals surface area (Å²) in [6.07, 6.45) is 4.81. The molecule has 0 radical (unpaired) electrons. The lowest BCUT2D eigenvalue weighted by molar-refractivity contribution is -0.0220. The molecule has 1 saturated heterocycles. The van der Waals surface area contributed by atoms with E-state index in [9.17, 15) is 0 Å². The van der Waals surface area contributed by atoms with Crippen LogP contribution in [-0.4, -0.2) is 39.3 Å². The Morgan fingerprint density at radius 1 is 1.26 bits per heavy atom. The van der Waals surface area contributed by atoms with E-state index >= 15 is 0 Å². The molecule has 124 valence electrons. The van der Waals surface area contributed by atoms with Gasteiger partial charge in [-0.15, -0.1) is 0 Å².